The minimum Gasteiger partial charge on any atom is -0.456 e. The van der Waals surface area contributed by atoms with Gasteiger partial charge in [-0.3, -0.25) is 4.79 Å². The van der Waals surface area contributed by atoms with Gasteiger partial charge in [-0.2, -0.15) is 0 Å². The van der Waals surface area contributed by atoms with E-state index in [4.69, 9.17) is 4.42 Å². The molecule has 6 rings (SSSR count). The van der Waals surface area contributed by atoms with E-state index >= 15 is 0 Å². The number of hydrogen-bond acceptors (Lipinski definition) is 3. The summed E-state index contributed by atoms with van der Waals surface area (Å²) < 4.78 is 6.23. The SMILES string of the molecule is CCCC(=O)N1CCCC1c1ncc(-c2ccc3c(c2)oc2cc(-c4ccc[nH]4)ccc23)[nH]1. The maximum absolute atomic E-state index is 12.5. The van der Waals surface area contributed by atoms with Crippen LogP contribution in [0, 0.1) is 0 Å². The fourth-order valence-electron chi connectivity index (χ4n) is 4.98. The van der Waals surface area contributed by atoms with Crippen LogP contribution in [-0.2, 0) is 4.79 Å². The van der Waals surface area contributed by atoms with E-state index in [1.54, 1.807) is 0 Å². The lowest BCUT2D eigenvalue weighted by molar-refractivity contribution is -0.132. The minimum absolute atomic E-state index is 0.0409. The van der Waals surface area contributed by atoms with Crippen LogP contribution >= 0.6 is 0 Å². The molecule has 1 fully saturated rings. The number of carbonyl (C=O) groups excluding carboxylic acids is 1. The van der Waals surface area contributed by atoms with E-state index in [0.717, 1.165) is 76.1 Å². The zero-order chi connectivity index (χ0) is 22.4. The lowest BCUT2D eigenvalue weighted by atomic mass is 10.1. The van der Waals surface area contributed by atoms with E-state index in [-0.39, 0.29) is 11.9 Å². The van der Waals surface area contributed by atoms with E-state index in [9.17, 15) is 4.79 Å². The second-order valence-electron chi connectivity index (χ2n) is 8.79. The van der Waals surface area contributed by atoms with Gasteiger partial charge < -0.3 is 19.3 Å². The standard InChI is InChI=1S/C27H26N4O2/c1-2-5-26(32)31-13-4-7-23(31)27-29-16-22(30-27)18-9-11-20-19-10-8-17(21-6-3-12-28-21)14-24(19)33-25(20)15-18/h3,6,8-12,14-16,23,28H,2,4-5,7,13H2,1H3,(H,29,30). The van der Waals surface area contributed by atoms with Crippen LogP contribution in [0.3, 0.4) is 0 Å². The lowest BCUT2D eigenvalue weighted by Gasteiger charge is -2.23. The normalized spacial score (nSPS) is 16.3. The van der Waals surface area contributed by atoms with Crippen LogP contribution in [0.25, 0.3) is 44.5 Å². The maximum atomic E-state index is 12.5. The van der Waals surface area contributed by atoms with Crippen LogP contribution < -0.4 is 0 Å². The first kappa shape index (κ1) is 19.9. The molecule has 1 saturated heterocycles. The molecule has 0 saturated carbocycles. The zero-order valence-electron chi connectivity index (χ0n) is 18.6. The molecular formula is C27H26N4O2. The Bertz CT molecular complexity index is 1440. The molecule has 1 aliphatic rings. The van der Waals surface area contributed by atoms with Crippen molar-refractivity contribution in [3.63, 3.8) is 0 Å². The highest BCUT2D eigenvalue weighted by atomic mass is 16.3. The number of nitrogens with zero attached hydrogens (tertiary/aromatic N) is 2. The first-order chi connectivity index (χ1) is 16.2. The number of likely N-dealkylation sites (tertiary alicyclic amines) is 1. The van der Waals surface area contributed by atoms with Gasteiger partial charge in [-0.05, 0) is 55.7 Å². The average Bonchev–Trinajstić information content (AvgIpc) is 3.63. The number of rotatable bonds is 5. The molecule has 0 spiro atoms. The van der Waals surface area contributed by atoms with Gasteiger partial charge in [-0.25, -0.2) is 4.98 Å². The molecule has 4 heterocycles. The van der Waals surface area contributed by atoms with Gasteiger partial charge in [0.1, 0.15) is 17.0 Å². The number of aromatic amines is 2. The van der Waals surface area contributed by atoms with Gasteiger partial charge in [0.05, 0.1) is 17.9 Å². The quantitative estimate of drug-likeness (QED) is 0.332. The number of imidazole rings is 1. The Morgan fingerprint density at radius 3 is 2.55 bits per heavy atom. The summed E-state index contributed by atoms with van der Waals surface area (Å²) in [7, 11) is 0. The van der Waals surface area contributed by atoms with Gasteiger partial charge >= 0.3 is 0 Å². The molecule has 1 unspecified atom stereocenters. The number of benzene rings is 2. The lowest BCUT2D eigenvalue weighted by Crippen LogP contribution is -2.30. The minimum atomic E-state index is 0.0409. The molecule has 2 aromatic carbocycles. The largest absolute Gasteiger partial charge is 0.456 e. The molecule has 1 amide bonds. The number of nitrogens with one attached hydrogen (secondary N) is 2. The number of carbonyl (C=O) groups is 1. The molecule has 1 atom stereocenters. The van der Waals surface area contributed by atoms with E-state index in [1.165, 1.54) is 0 Å². The Balaban J connectivity index is 1.32. The molecular weight excluding hydrogens is 412 g/mol. The highest BCUT2D eigenvalue weighted by Gasteiger charge is 2.31. The van der Waals surface area contributed by atoms with E-state index in [2.05, 4.69) is 57.4 Å². The highest BCUT2D eigenvalue weighted by Crippen LogP contribution is 2.35. The summed E-state index contributed by atoms with van der Waals surface area (Å²) in [4.78, 5) is 25.9. The Labute approximate surface area is 191 Å². The number of fused-ring (bicyclic) bond motifs is 3. The van der Waals surface area contributed by atoms with Crippen molar-refractivity contribution < 1.29 is 9.21 Å². The van der Waals surface area contributed by atoms with Crippen LogP contribution in [0.5, 0.6) is 0 Å². The van der Waals surface area contributed by atoms with Gasteiger partial charge in [-0.15, -0.1) is 0 Å². The van der Waals surface area contributed by atoms with E-state index in [0.29, 0.717) is 6.42 Å². The number of hydrogen-bond donors (Lipinski definition) is 2. The molecule has 0 bridgehead atoms. The van der Waals surface area contributed by atoms with Crippen LogP contribution in [-0.4, -0.2) is 32.3 Å². The Kier molecular flexibility index (Phi) is 4.79. The van der Waals surface area contributed by atoms with Gasteiger partial charge in [0.2, 0.25) is 5.91 Å². The third-order valence-corrected chi connectivity index (χ3v) is 6.64. The summed E-state index contributed by atoms with van der Waals surface area (Å²) in [6, 6.07) is 16.7. The smallest absolute Gasteiger partial charge is 0.223 e. The van der Waals surface area contributed by atoms with Crippen molar-refractivity contribution in [3.8, 4) is 22.5 Å². The monoisotopic (exact) mass is 438 g/mol. The van der Waals surface area contributed by atoms with Crippen molar-refractivity contribution in [1.82, 2.24) is 19.9 Å². The van der Waals surface area contributed by atoms with Crippen LogP contribution in [0.2, 0.25) is 0 Å². The molecule has 2 N–H and O–H groups in total. The Morgan fingerprint density at radius 1 is 1.09 bits per heavy atom. The predicted octanol–water partition coefficient (Wildman–Crippen LogP) is 6.43. The zero-order valence-corrected chi connectivity index (χ0v) is 18.6. The number of furan rings is 1. The fraction of sp³-hybridized carbons (Fsp3) is 0.259. The van der Waals surface area contributed by atoms with Crippen molar-refractivity contribution in [3.05, 3.63) is 66.7 Å². The first-order valence-corrected chi connectivity index (χ1v) is 11.7. The molecule has 1 aliphatic heterocycles. The third-order valence-electron chi connectivity index (χ3n) is 6.64. The Morgan fingerprint density at radius 2 is 1.85 bits per heavy atom. The molecule has 166 valence electrons. The average molecular weight is 439 g/mol. The Hall–Kier alpha value is -3.80. The summed E-state index contributed by atoms with van der Waals surface area (Å²) in [5.74, 6) is 1.09. The van der Waals surface area contributed by atoms with Crippen LogP contribution in [0.1, 0.15) is 44.5 Å². The summed E-state index contributed by atoms with van der Waals surface area (Å²) >= 11 is 0. The third kappa shape index (κ3) is 3.42. The number of H-pyrrole nitrogens is 2. The highest BCUT2D eigenvalue weighted by molar-refractivity contribution is 6.06. The molecule has 0 radical (unpaired) electrons. The van der Waals surface area contributed by atoms with Gasteiger partial charge in [0.15, 0.2) is 0 Å². The molecule has 6 heteroatoms. The molecule has 5 aromatic rings. The van der Waals surface area contributed by atoms with Crippen molar-refractivity contribution in [2.75, 3.05) is 6.54 Å². The van der Waals surface area contributed by atoms with Gasteiger partial charge in [-0.1, -0.05) is 19.1 Å². The van der Waals surface area contributed by atoms with Gasteiger partial charge in [0.25, 0.3) is 0 Å². The van der Waals surface area contributed by atoms with Crippen molar-refractivity contribution in [2.24, 2.45) is 0 Å². The second kappa shape index (κ2) is 7.96. The van der Waals surface area contributed by atoms with Crippen molar-refractivity contribution in [2.45, 2.75) is 38.6 Å². The molecule has 33 heavy (non-hydrogen) atoms. The summed E-state index contributed by atoms with van der Waals surface area (Å²) in [5.41, 5.74) is 5.85. The predicted molar refractivity (Wildman–Crippen MR) is 130 cm³/mol. The van der Waals surface area contributed by atoms with Gasteiger partial charge in [0, 0.05) is 46.8 Å². The fourth-order valence-corrected chi connectivity index (χ4v) is 4.98. The molecule has 3 aromatic heterocycles. The summed E-state index contributed by atoms with van der Waals surface area (Å²) in [6.07, 6.45) is 7.23. The summed E-state index contributed by atoms with van der Waals surface area (Å²) in [5, 5.41) is 2.20. The number of aromatic nitrogens is 3. The van der Waals surface area contributed by atoms with Crippen LogP contribution in [0.4, 0.5) is 0 Å². The van der Waals surface area contributed by atoms with Crippen LogP contribution in [0.15, 0.2) is 65.3 Å². The molecule has 6 nitrogen and oxygen atoms in total. The maximum Gasteiger partial charge on any atom is 0.223 e. The van der Waals surface area contributed by atoms with Crippen molar-refractivity contribution in [1.29, 1.82) is 0 Å². The van der Waals surface area contributed by atoms with E-state index in [1.807, 2.05) is 30.3 Å². The first-order valence-electron chi connectivity index (χ1n) is 11.7. The van der Waals surface area contributed by atoms with E-state index < -0.39 is 0 Å². The summed E-state index contributed by atoms with van der Waals surface area (Å²) in [6.45, 7) is 2.86. The topological polar surface area (TPSA) is 77.9 Å². The number of amides is 1. The van der Waals surface area contributed by atoms with Crippen molar-refractivity contribution >= 4 is 27.8 Å². The second-order valence-corrected chi connectivity index (χ2v) is 8.79. The molecule has 0 aliphatic carbocycles.